The van der Waals surface area contributed by atoms with E-state index in [4.69, 9.17) is 5.11 Å². The van der Waals surface area contributed by atoms with Crippen LogP contribution in [0.5, 0.6) is 0 Å². The summed E-state index contributed by atoms with van der Waals surface area (Å²) in [6, 6.07) is 0. The van der Waals surface area contributed by atoms with E-state index in [0.717, 1.165) is 0 Å². The minimum Gasteiger partial charge on any atom is -0.477 e. The van der Waals surface area contributed by atoms with Crippen molar-refractivity contribution < 1.29 is 108 Å². The summed E-state index contributed by atoms with van der Waals surface area (Å²) in [5, 5.41) is 7.57. The van der Waals surface area contributed by atoms with Gasteiger partial charge in [-0.3, -0.25) is 0 Å². The first-order valence-electron chi connectivity index (χ1n) is 5.01. The van der Waals surface area contributed by atoms with Gasteiger partial charge in [0.05, 0.1) is 0 Å². The molecule has 0 aromatic heterocycles. The zero-order chi connectivity index (χ0) is 21.1. The van der Waals surface area contributed by atoms with Crippen molar-refractivity contribution in [2.75, 3.05) is 0 Å². The molecule has 0 aromatic carbocycles. The van der Waals surface area contributed by atoms with Gasteiger partial charge < -0.3 is 5.11 Å². The molecule has 0 unspecified atom stereocenters. The molecule has 0 saturated heterocycles. The van der Waals surface area contributed by atoms with E-state index in [-0.39, 0.29) is 32.7 Å². The van der Waals surface area contributed by atoms with Crippen LogP contribution in [0.1, 0.15) is 0 Å². The Bertz CT molecular complexity index is 536. The van der Waals surface area contributed by atoms with Crippen molar-refractivity contribution in [3.8, 4) is 0 Å². The predicted molar refractivity (Wildman–Crippen MR) is 43.4 cm³/mol. The van der Waals surface area contributed by atoms with Crippen molar-refractivity contribution in [2.45, 2.75) is 41.7 Å². The molecule has 1 N–H and O–H groups in total. The van der Waals surface area contributed by atoms with Crippen LogP contribution in [0.3, 0.4) is 0 Å². The summed E-state index contributed by atoms with van der Waals surface area (Å²) in [7, 11) is 0. The van der Waals surface area contributed by atoms with Gasteiger partial charge in [-0.2, -0.15) is 65.9 Å². The Kier molecular flexibility index (Phi) is 7.30. The van der Waals surface area contributed by atoms with Gasteiger partial charge in [-0.1, -0.05) is 0 Å². The second-order valence-corrected chi connectivity index (χ2v) is 4.25. The van der Waals surface area contributed by atoms with E-state index >= 15 is 0 Å². The van der Waals surface area contributed by atoms with E-state index in [1.54, 1.807) is 0 Å². The normalized spacial score (nSPS) is 15.5. The molecule has 0 heterocycles. The molecule has 0 aliphatic carbocycles. The minimum atomic E-state index is -8.47. The molecule has 0 saturated carbocycles. The van der Waals surface area contributed by atoms with Crippen LogP contribution in [0.4, 0.5) is 65.9 Å². The molecule has 1 radical (unpaired) electrons. The summed E-state index contributed by atoms with van der Waals surface area (Å²) in [6.07, 6.45) is -7.69. The summed E-state index contributed by atoms with van der Waals surface area (Å²) < 4.78 is 187. The Morgan fingerprint density at radius 1 is 0.500 bits per heavy atom. The quantitative estimate of drug-likeness (QED) is 0.545. The monoisotopic (exact) mass is 503 g/mol. The summed E-state index contributed by atoms with van der Waals surface area (Å²) >= 11 is 0. The van der Waals surface area contributed by atoms with Crippen molar-refractivity contribution >= 4 is 5.97 Å². The van der Waals surface area contributed by atoms with Crippen LogP contribution in [0.15, 0.2) is 0 Å². The smallest absolute Gasteiger partial charge is 0.460 e. The topological polar surface area (TPSA) is 37.3 Å². The molecule has 0 aliphatic rings. The third-order valence-corrected chi connectivity index (χ3v) is 2.60. The molecule has 0 atom stereocenters. The van der Waals surface area contributed by atoms with Crippen molar-refractivity contribution in [2.24, 2.45) is 0 Å². The van der Waals surface area contributed by atoms with E-state index in [0.29, 0.717) is 0 Å². The van der Waals surface area contributed by atoms with Crippen molar-refractivity contribution in [1.29, 1.82) is 0 Å². The number of aliphatic carboxylic acids is 1. The van der Waals surface area contributed by atoms with E-state index in [1.165, 1.54) is 0 Å². The number of rotatable bonds is 6. The van der Waals surface area contributed by atoms with Crippen LogP contribution in [0.2, 0.25) is 0 Å². The zero-order valence-corrected chi connectivity index (χ0v) is 13.9. The zero-order valence-electron chi connectivity index (χ0n) is 11.1. The second-order valence-electron chi connectivity index (χ2n) is 4.25. The SMILES string of the molecule is O=C(O)C(F)(F)C(F)(F)C(F)(F)C(F)(F)C(F)(F)C(F)(F)C(F)(F)F.[Y]. The number of carboxylic acids is 1. The molecule has 153 valence electrons. The van der Waals surface area contributed by atoms with Gasteiger partial charge in [0.1, 0.15) is 0 Å². The fourth-order valence-corrected chi connectivity index (χ4v) is 1.10. The van der Waals surface area contributed by atoms with Gasteiger partial charge in [-0.25, -0.2) is 4.79 Å². The second kappa shape index (κ2) is 6.85. The molecule has 0 amide bonds. The molecule has 26 heavy (non-hydrogen) atoms. The van der Waals surface area contributed by atoms with Gasteiger partial charge in [0.15, 0.2) is 0 Å². The van der Waals surface area contributed by atoms with E-state index in [9.17, 15) is 70.7 Å². The van der Waals surface area contributed by atoms with Gasteiger partial charge in [0.25, 0.3) is 0 Å². The van der Waals surface area contributed by atoms with Crippen molar-refractivity contribution in [1.82, 2.24) is 0 Å². The number of halogens is 15. The third kappa shape index (κ3) is 3.37. The van der Waals surface area contributed by atoms with Gasteiger partial charge in [-0.15, -0.1) is 0 Å². The average molecular weight is 503 g/mol. The van der Waals surface area contributed by atoms with Crippen LogP contribution in [0, 0.1) is 0 Å². The first kappa shape index (κ1) is 27.7. The minimum absolute atomic E-state index is 0. The van der Waals surface area contributed by atoms with Crippen LogP contribution < -0.4 is 0 Å². The summed E-state index contributed by atoms with van der Waals surface area (Å²) in [4.78, 5) is 9.72. The van der Waals surface area contributed by atoms with Crippen LogP contribution in [-0.2, 0) is 37.5 Å². The molecule has 0 spiro atoms. The molecule has 0 rings (SSSR count). The first-order valence-corrected chi connectivity index (χ1v) is 5.01. The fraction of sp³-hybridized carbons (Fsp3) is 0.875. The third-order valence-electron chi connectivity index (χ3n) is 2.60. The number of carbonyl (C=O) groups is 1. The fourth-order valence-electron chi connectivity index (χ4n) is 1.10. The van der Waals surface area contributed by atoms with Crippen LogP contribution >= 0.6 is 0 Å². The molecule has 0 fully saturated rings. The average Bonchev–Trinajstić information content (AvgIpc) is 2.35. The Labute approximate surface area is 156 Å². The van der Waals surface area contributed by atoms with Gasteiger partial charge in [-0.05, 0) is 0 Å². The molecular weight excluding hydrogens is 502 g/mol. The maximum absolute atomic E-state index is 12.8. The molecule has 2 nitrogen and oxygen atoms in total. The molecule has 0 bridgehead atoms. The van der Waals surface area contributed by atoms with Crippen LogP contribution in [-0.4, -0.2) is 52.8 Å². The van der Waals surface area contributed by atoms with Gasteiger partial charge in [0.2, 0.25) is 0 Å². The molecule has 0 aromatic rings. The summed E-state index contributed by atoms with van der Waals surface area (Å²) in [5.41, 5.74) is 0. The Balaban J connectivity index is 0. The molecule has 0 aliphatic heterocycles. The summed E-state index contributed by atoms with van der Waals surface area (Å²) in [5.74, 6) is -52.8. The van der Waals surface area contributed by atoms with Gasteiger partial charge in [0, 0.05) is 32.7 Å². The van der Waals surface area contributed by atoms with Crippen molar-refractivity contribution in [3.63, 3.8) is 0 Å². The maximum atomic E-state index is 12.8. The van der Waals surface area contributed by atoms with Gasteiger partial charge >= 0.3 is 47.7 Å². The molecular formula is C8HF15O2Y. The van der Waals surface area contributed by atoms with E-state index in [2.05, 4.69) is 0 Å². The van der Waals surface area contributed by atoms with E-state index < -0.39 is 47.7 Å². The van der Waals surface area contributed by atoms with Crippen LogP contribution in [0.25, 0.3) is 0 Å². The Morgan fingerprint density at radius 2 is 0.731 bits per heavy atom. The summed E-state index contributed by atoms with van der Waals surface area (Å²) in [6.45, 7) is 0. The Morgan fingerprint density at radius 3 is 0.962 bits per heavy atom. The number of alkyl halides is 15. The maximum Gasteiger partial charge on any atom is 0.460 e. The number of hydrogen-bond donors (Lipinski definition) is 1. The number of hydrogen-bond acceptors (Lipinski definition) is 1. The number of carboxylic acid groups (broad SMARTS) is 1. The van der Waals surface area contributed by atoms with E-state index in [1.807, 2.05) is 0 Å². The molecule has 18 heteroatoms. The van der Waals surface area contributed by atoms with Crippen molar-refractivity contribution in [3.05, 3.63) is 0 Å². The predicted octanol–water partition coefficient (Wildman–Crippen LogP) is 4.44. The largest absolute Gasteiger partial charge is 0.477 e. The first-order chi connectivity index (χ1) is 10.4. The Hall–Kier alpha value is -0.476. The standard InChI is InChI=1S/C8HF15O2.Y/c9-2(10,1(24)25)3(11,12)4(13,14)5(15,16)6(17,18)7(19,20)8(21,22)23;/h(H,24,25);.